The molecule has 0 atom stereocenters. The molecule has 1 rings (SSSR count). The van der Waals surface area contributed by atoms with E-state index in [4.69, 9.17) is 0 Å². The van der Waals surface area contributed by atoms with Gasteiger partial charge in [-0.25, -0.2) is 0 Å². The summed E-state index contributed by atoms with van der Waals surface area (Å²) >= 11 is 0. The van der Waals surface area contributed by atoms with Crippen LogP contribution in [-0.2, 0) is 0 Å². The van der Waals surface area contributed by atoms with Gasteiger partial charge in [-0.3, -0.25) is 0 Å². The molecule has 0 unspecified atom stereocenters. The van der Waals surface area contributed by atoms with Gasteiger partial charge in [0, 0.05) is 24.8 Å². The van der Waals surface area contributed by atoms with Gasteiger partial charge in [0.15, 0.2) is 0 Å². The average Bonchev–Trinajstić information content (AvgIpc) is 2.17. The van der Waals surface area contributed by atoms with Crippen LogP contribution in [0.15, 0.2) is 11.8 Å². The molecule has 0 aliphatic carbocycles. The molecule has 1 N–H and O–H groups in total. The topological polar surface area (TPSA) is 15.3 Å². The van der Waals surface area contributed by atoms with Gasteiger partial charge in [-0.2, -0.15) is 0 Å². The Hall–Kier alpha value is -0.500. The Labute approximate surface area is 75.6 Å². The summed E-state index contributed by atoms with van der Waals surface area (Å²) in [5, 5.41) is 3.34. The fraction of sp³-hybridized carbons (Fsp3) is 0.800. The molecule has 0 amide bonds. The lowest BCUT2D eigenvalue weighted by Gasteiger charge is -2.33. The minimum atomic E-state index is 0.742. The molecule has 1 aliphatic heterocycles. The molecule has 2 heteroatoms. The Kier molecular flexibility index (Phi) is 3.60. The quantitative estimate of drug-likeness (QED) is 0.673. The van der Waals surface area contributed by atoms with Crippen LogP contribution in [0.5, 0.6) is 0 Å². The zero-order valence-corrected chi connectivity index (χ0v) is 8.43. The molecule has 0 bridgehead atoms. The van der Waals surface area contributed by atoms with E-state index in [0.717, 1.165) is 6.04 Å². The van der Waals surface area contributed by atoms with Gasteiger partial charge in [0.2, 0.25) is 0 Å². The average molecular weight is 168 g/mol. The Morgan fingerprint density at radius 3 is 2.42 bits per heavy atom. The molecule has 1 saturated heterocycles. The van der Waals surface area contributed by atoms with Gasteiger partial charge in [-0.1, -0.05) is 6.08 Å². The highest BCUT2D eigenvalue weighted by atomic mass is 15.1. The van der Waals surface area contributed by atoms with Crippen molar-refractivity contribution in [2.24, 2.45) is 0 Å². The Morgan fingerprint density at radius 2 is 2.00 bits per heavy atom. The number of hydrogen-bond acceptors (Lipinski definition) is 2. The second kappa shape index (κ2) is 4.51. The first-order valence-electron chi connectivity index (χ1n) is 4.83. The number of nitrogens with one attached hydrogen (secondary N) is 1. The number of likely N-dealkylation sites (tertiary alicyclic amines) is 1. The van der Waals surface area contributed by atoms with Crippen LogP contribution in [0.1, 0.15) is 26.7 Å². The molecule has 2 nitrogen and oxygen atoms in total. The highest BCUT2D eigenvalue weighted by Crippen LogP contribution is 2.14. The second-order valence-corrected chi connectivity index (χ2v) is 3.48. The summed E-state index contributed by atoms with van der Waals surface area (Å²) in [6, 6.07) is 0.742. The lowest BCUT2D eigenvalue weighted by molar-refractivity contribution is 0.248. The number of allylic oxidation sites excluding steroid dienone is 2. The molecule has 1 aliphatic rings. The van der Waals surface area contributed by atoms with Gasteiger partial charge < -0.3 is 10.2 Å². The summed E-state index contributed by atoms with van der Waals surface area (Å²) in [4.78, 5) is 2.47. The SMILES string of the molecule is C/C=C(\C)N1CCC(NC)CC1. The number of piperidine rings is 1. The molecular formula is C10H20N2. The maximum absolute atomic E-state index is 3.34. The van der Waals surface area contributed by atoms with Gasteiger partial charge in [0.25, 0.3) is 0 Å². The van der Waals surface area contributed by atoms with Crippen LogP contribution in [0, 0.1) is 0 Å². The van der Waals surface area contributed by atoms with Crippen molar-refractivity contribution in [3.63, 3.8) is 0 Å². The standard InChI is InChI=1S/C10H20N2/c1-4-9(2)12-7-5-10(11-3)6-8-12/h4,10-11H,5-8H2,1-3H3/b9-4+. The minimum absolute atomic E-state index is 0.742. The van der Waals surface area contributed by atoms with E-state index in [1.54, 1.807) is 0 Å². The molecule has 1 heterocycles. The van der Waals surface area contributed by atoms with Crippen molar-refractivity contribution in [2.45, 2.75) is 32.7 Å². The van der Waals surface area contributed by atoms with Gasteiger partial charge in [0.05, 0.1) is 0 Å². The van der Waals surface area contributed by atoms with Crippen LogP contribution in [0.2, 0.25) is 0 Å². The van der Waals surface area contributed by atoms with Crippen molar-refractivity contribution in [2.75, 3.05) is 20.1 Å². The summed E-state index contributed by atoms with van der Waals surface area (Å²) in [6.45, 7) is 6.72. The molecular weight excluding hydrogens is 148 g/mol. The number of hydrogen-bond donors (Lipinski definition) is 1. The number of nitrogens with zero attached hydrogens (tertiary/aromatic N) is 1. The van der Waals surface area contributed by atoms with E-state index in [1.165, 1.54) is 31.6 Å². The first-order chi connectivity index (χ1) is 5.77. The van der Waals surface area contributed by atoms with Gasteiger partial charge in [0.1, 0.15) is 0 Å². The van der Waals surface area contributed by atoms with Crippen molar-refractivity contribution in [1.82, 2.24) is 10.2 Å². The summed E-state index contributed by atoms with van der Waals surface area (Å²) < 4.78 is 0. The Balaban J connectivity index is 2.36. The molecule has 12 heavy (non-hydrogen) atoms. The summed E-state index contributed by atoms with van der Waals surface area (Å²) in [7, 11) is 2.06. The van der Waals surface area contributed by atoms with Crippen molar-refractivity contribution in [3.8, 4) is 0 Å². The maximum Gasteiger partial charge on any atom is 0.0189 e. The molecule has 0 aromatic heterocycles. The van der Waals surface area contributed by atoms with Crippen LogP contribution < -0.4 is 5.32 Å². The maximum atomic E-state index is 3.34. The van der Waals surface area contributed by atoms with E-state index in [-0.39, 0.29) is 0 Å². The fourth-order valence-corrected chi connectivity index (χ4v) is 1.70. The monoisotopic (exact) mass is 168 g/mol. The van der Waals surface area contributed by atoms with Gasteiger partial charge in [-0.15, -0.1) is 0 Å². The lowest BCUT2D eigenvalue weighted by atomic mass is 10.1. The van der Waals surface area contributed by atoms with Crippen LogP contribution in [0.4, 0.5) is 0 Å². The van der Waals surface area contributed by atoms with Crippen LogP contribution in [0.25, 0.3) is 0 Å². The summed E-state index contributed by atoms with van der Waals surface area (Å²) in [5.74, 6) is 0. The first kappa shape index (κ1) is 9.59. The van der Waals surface area contributed by atoms with Crippen LogP contribution in [-0.4, -0.2) is 31.1 Å². The molecule has 70 valence electrons. The van der Waals surface area contributed by atoms with Gasteiger partial charge in [-0.05, 0) is 33.7 Å². The van der Waals surface area contributed by atoms with Crippen molar-refractivity contribution in [3.05, 3.63) is 11.8 Å². The molecule has 0 aromatic rings. The molecule has 0 radical (unpaired) electrons. The lowest BCUT2D eigenvalue weighted by Crippen LogP contribution is -2.40. The third kappa shape index (κ3) is 2.24. The third-order valence-electron chi connectivity index (χ3n) is 2.82. The first-order valence-corrected chi connectivity index (χ1v) is 4.83. The van der Waals surface area contributed by atoms with Gasteiger partial charge >= 0.3 is 0 Å². The summed E-state index contributed by atoms with van der Waals surface area (Å²) in [5.41, 5.74) is 1.42. The van der Waals surface area contributed by atoms with E-state index < -0.39 is 0 Å². The van der Waals surface area contributed by atoms with Crippen LogP contribution in [0.3, 0.4) is 0 Å². The van der Waals surface area contributed by atoms with E-state index >= 15 is 0 Å². The minimum Gasteiger partial charge on any atom is -0.375 e. The third-order valence-corrected chi connectivity index (χ3v) is 2.82. The van der Waals surface area contributed by atoms with E-state index in [0.29, 0.717) is 0 Å². The molecule has 0 spiro atoms. The van der Waals surface area contributed by atoms with Crippen molar-refractivity contribution < 1.29 is 0 Å². The summed E-state index contributed by atoms with van der Waals surface area (Å²) in [6.07, 6.45) is 4.75. The molecule has 0 aromatic carbocycles. The predicted molar refractivity (Wildman–Crippen MR) is 53.1 cm³/mol. The van der Waals surface area contributed by atoms with E-state index in [2.05, 4.69) is 37.2 Å². The normalized spacial score (nSPS) is 21.6. The van der Waals surface area contributed by atoms with Crippen molar-refractivity contribution in [1.29, 1.82) is 0 Å². The van der Waals surface area contributed by atoms with E-state index in [9.17, 15) is 0 Å². The zero-order chi connectivity index (χ0) is 8.97. The molecule has 1 fully saturated rings. The largest absolute Gasteiger partial charge is 0.375 e. The Morgan fingerprint density at radius 1 is 1.42 bits per heavy atom. The van der Waals surface area contributed by atoms with E-state index in [1.807, 2.05) is 0 Å². The number of rotatable bonds is 2. The zero-order valence-electron chi connectivity index (χ0n) is 8.43. The van der Waals surface area contributed by atoms with Crippen molar-refractivity contribution >= 4 is 0 Å². The van der Waals surface area contributed by atoms with Crippen LogP contribution >= 0.6 is 0 Å². The fourth-order valence-electron chi connectivity index (χ4n) is 1.70. The highest BCUT2D eigenvalue weighted by Gasteiger charge is 2.16. The second-order valence-electron chi connectivity index (χ2n) is 3.48. The predicted octanol–water partition coefficient (Wildman–Crippen LogP) is 1.59. The molecule has 0 saturated carbocycles. The smallest absolute Gasteiger partial charge is 0.0189 e. The Bertz CT molecular complexity index is 155. The highest BCUT2D eigenvalue weighted by molar-refractivity contribution is 4.97.